The van der Waals surface area contributed by atoms with Gasteiger partial charge in [-0.1, -0.05) is 18.2 Å². The Kier molecular flexibility index (Phi) is 4.99. The molecule has 1 fully saturated rings. The summed E-state index contributed by atoms with van der Waals surface area (Å²) in [4.78, 5) is 13.9. The van der Waals surface area contributed by atoms with Crippen molar-refractivity contribution in [1.29, 1.82) is 0 Å². The van der Waals surface area contributed by atoms with E-state index in [1.807, 2.05) is 24.3 Å². The molecule has 24 heavy (non-hydrogen) atoms. The molecule has 0 aromatic heterocycles. The first kappa shape index (κ1) is 17.1. The maximum absolute atomic E-state index is 12.6. The fourth-order valence-corrected chi connectivity index (χ4v) is 3.32. The summed E-state index contributed by atoms with van der Waals surface area (Å²) in [7, 11) is 0. The highest BCUT2D eigenvalue weighted by molar-refractivity contribution is 5.78. The molecule has 1 N–H and O–H groups in total. The molecule has 0 saturated carbocycles. The van der Waals surface area contributed by atoms with Crippen molar-refractivity contribution in [2.45, 2.75) is 31.5 Å². The van der Waals surface area contributed by atoms with Gasteiger partial charge in [0, 0.05) is 0 Å². The molecule has 1 atom stereocenters. The second-order valence-electron chi connectivity index (χ2n) is 6.48. The number of amides is 1. The van der Waals surface area contributed by atoms with Crippen molar-refractivity contribution in [3.05, 3.63) is 29.8 Å². The van der Waals surface area contributed by atoms with Crippen LogP contribution in [-0.4, -0.2) is 49.3 Å². The Labute approximate surface area is 139 Å². The molecule has 0 spiro atoms. The lowest BCUT2D eigenvalue weighted by Crippen LogP contribution is -2.48. The Morgan fingerprint density at radius 2 is 1.96 bits per heavy atom. The predicted molar refractivity (Wildman–Crippen MR) is 82.8 cm³/mol. The van der Waals surface area contributed by atoms with E-state index in [2.05, 4.69) is 5.32 Å². The Hall–Kier alpha value is -1.76. The molecule has 3 rings (SSSR count). The maximum atomic E-state index is 12.6. The van der Waals surface area contributed by atoms with Crippen molar-refractivity contribution in [3.63, 3.8) is 0 Å². The smallest absolute Gasteiger partial charge is 0.391 e. The highest BCUT2D eigenvalue weighted by Gasteiger charge is 2.41. The van der Waals surface area contributed by atoms with Crippen LogP contribution in [0.4, 0.5) is 13.2 Å². The molecule has 1 amide bonds. The molecule has 0 radical (unpaired) electrons. The van der Waals surface area contributed by atoms with Gasteiger partial charge in [0.1, 0.15) is 12.4 Å². The number of ether oxygens (including phenoxy) is 1. The number of fused-ring (bicyclic) bond motifs is 1. The summed E-state index contributed by atoms with van der Waals surface area (Å²) in [5.74, 6) is -0.550. The van der Waals surface area contributed by atoms with E-state index in [0.29, 0.717) is 26.1 Å². The van der Waals surface area contributed by atoms with Gasteiger partial charge in [0.15, 0.2) is 0 Å². The zero-order chi connectivity index (χ0) is 17.2. The molecule has 132 valence electrons. The van der Waals surface area contributed by atoms with E-state index in [0.717, 1.165) is 11.3 Å². The fourth-order valence-electron chi connectivity index (χ4n) is 3.32. The van der Waals surface area contributed by atoms with Crippen LogP contribution in [-0.2, 0) is 11.2 Å². The first-order valence-corrected chi connectivity index (χ1v) is 8.21. The number of halogens is 3. The van der Waals surface area contributed by atoms with Crippen LogP contribution in [0.2, 0.25) is 0 Å². The lowest BCUT2D eigenvalue weighted by atomic mass is 9.96. The standard InChI is InChI=1S/C17H21F3N2O2/c18-17(19,20)13-5-7-22(8-6-13)10-16(23)21-14-9-12-3-1-2-4-15(12)24-11-14/h1-4,13-14H,5-11H2,(H,21,23). The average molecular weight is 342 g/mol. The fraction of sp³-hybridized carbons (Fsp3) is 0.588. The summed E-state index contributed by atoms with van der Waals surface area (Å²) in [6, 6.07) is 7.60. The van der Waals surface area contributed by atoms with Crippen molar-refractivity contribution >= 4 is 5.91 Å². The minimum Gasteiger partial charge on any atom is -0.491 e. The molecule has 4 nitrogen and oxygen atoms in total. The summed E-state index contributed by atoms with van der Waals surface area (Å²) in [5.41, 5.74) is 1.06. The van der Waals surface area contributed by atoms with Crippen LogP contribution >= 0.6 is 0 Å². The van der Waals surface area contributed by atoms with Gasteiger partial charge in [-0.2, -0.15) is 13.2 Å². The zero-order valence-corrected chi connectivity index (χ0v) is 13.3. The van der Waals surface area contributed by atoms with Crippen LogP contribution < -0.4 is 10.1 Å². The molecule has 1 saturated heterocycles. The average Bonchev–Trinajstić information content (AvgIpc) is 2.54. The van der Waals surface area contributed by atoms with E-state index < -0.39 is 12.1 Å². The topological polar surface area (TPSA) is 41.6 Å². The van der Waals surface area contributed by atoms with Crippen molar-refractivity contribution in [3.8, 4) is 5.75 Å². The van der Waals surface area contributed by atoms with Crippen LogP contribution in [0.1, 0.15) is 18.4 Å². The molecule has 7 heteroatoms. The van der Waals surface area contributed by atoms with Crippen LogP contribution in [0.25, 0.3) is 0 Å². The number of benzene rings is 1. The first-order valence-electron chi connectivity index (χ1n) is 8.21. The van der Waals surface area contributed by atoms with Crippen LogP contribution in [0.5, 0.6) is 5.75 Å². The lowest BCUT2D eigenvalue weighted by molar-refractivity contribution is -0.185. The number of rotatable bonds is 3. The summed E-state index contributed by atoms with van der Waals surface area (Å²) in [5, 5.41) is 2.92. The summed E-state index contributed by atoms with van der Waals surface area (Å²) in [6.07, 6.45) is -3.29. The van der Waals surface area contributed by atoms with Gasteiger partial charge in [-0.3, -0.25) is 9.69 Å². The van der Waals surface area contributed by atoms with E-state index in [9.17, 15) is 18.0 Å². The monoisotopic (exact) mass is 342 g/mol. The number of nitrogens with zero attached hydrogens (tertiary/aromatic N) is 1. The molecular weight excluding hydrogens is 321 g/mol. The highest BCUT2D eigenvalue weighted by atomic mass is 19.4. The summed E-state index contributed by atoms with van der Waals surface area (Å²) in [6.45, 7) is 1.17. The number of hydrogen-bond donors (Lipinski definition) is 1. The normalized spacial score (nSPS) is 22.5. The Bertz CT molecular complexity index is 583. The van der Waals surface area contributed by atoms with Crippen LogP contribution in [0, 0.1) is 5.92 Å². The number of carbonyl (C=O) groups excluding carboxylic acids is 1. The van der Waals surface area contributed by atoms with Gasteiger partial charge in [0.25, 0.3) is 0 Å². The maximum Gasteiger partial charge on any atom is 0.391 e. The molecule has 1 aromatic rings. The van der Waals surface area contributed by atoms with Crippen molar-refractivity contribution < 1.29 is 22.7 Å². The SMILES string of the molecule is O=C(CN1CCC(C(F)(F)F)CC1)NC1COc2ccccc2C1. The molecule has 0 aliphatic carbocycles. The third-order valence-corrected chi connectivity index (χ3v) is 4.66. The van der Waals surface area contributed by atoms with Gasteiger partial charge < -0.3 is 10.1 Å². The number of nitrogens with one attached hydrogen (secondary N) is 1. The minimum absolute atomic E-state index is 0.0662. The minimum atomic E-state index is -4.12. The summed E-state index contributed by atoms with van der Waals surface area (Å²) >= 11 is 0. The summed E-state index contributed by atoms with van der Waals surface area (Å²) < 4.78 is 43.6. The number of likely N-dealkylation sites (tertiary alicyclic amines) is 1. The van der Waals surface area contributed by atoms with E-state index in [1.165, 1.54) is 0 Å². The second kappa shape index (κ2) is 7.01. The molecule has 0 bridgehead atoms. The Morgan fingerprint density at radius 1 is 1.25 bits per heavy atom. The van der Waals surface area contributed by atoms with Crippen molar-refractivity contribution in [2.24, 2.45) is 5.92 Å². The molecular formula is C17H21F3N2O2. The van der Waals surface area contributed by atoms with Crippen molar-refractivity contribution in [2.75, 3.05) is 26.2 Å². The third kappa shape index (κ3) is 4.20. The molecule has 2 aliphatic heterocycles. The third-order valence-electron chi connectivity index (χ3n) is 4.66. The number of alkyl halides is 3. The number of piperidine rings is 1. The van der Waals surface area contributed by atoms with Gasteiger partial charge in [0.2, 0.25) is 5.91 Å². The Morgan fingerprint density at radius 3 is 2.67 bits per heavy atom. The van der Waals surface area contributed by atoms with Gasteiger partial charge in [0.05, 0.1) is 18.5 Å². The van der Waals surface area contributed by atoms with E-state index in [1.54, 1.807) is 4.90 Å². The molecule has 2 aliphatic rings. The first-order chi connectivity index (χ1) is 11.4. The van der Waals surface area contributed by atoms with Gasteiger partial charge in [-0.25, -0.2) is 0 Å². The van der Waals surface area contributed by atoms with E-state index in [4.69, 9.17) is 4.74 Å². The number of para-hydroxylation sites is 1. The second-order valence-corrected chi connectivity index (χ2v) is 6.48. The van der Waals surface area contributed by atoms with E-state index in [-0.39, 0.29) is 31.3 Å². The molecule has 2 heterocycles. The number of hydrogen-bond acceptors (Lipinski definition) is 3. The quantitative estimate of drug-likeness (QED) is 0.917. The molecule has 1 aromatic carbocycles. The zero-order valence-electron chi connectivity index (χ0n) is 13.3. The van der Waals surface area contributed by atoms with Crippen LogP contribution in [0.3, 0.4) is 0 Å². The van der Waals surface area contributed by atoms with E-state index >= 15 is 0 Å². The number of carbonyl (C=O) groups is 1. The van der Waals surface area contributed by atoms with Gasteiger partial charge in [-0.15, -0.1) is 0 Å². The van der Waals surface area contributed by atoms with Gasteiger partial charge in [-0.05, 0) is 44.0 Å². The highest BCUT2D eigenvalue weighted by Crippen LogP contribution is 2.34. The molecule has 1 unspecified atom stereocenters. The largest absolute Gasteiger partial charge is 0.491 e. The van der Waals surface area contributed by atoms with Crippen LogP contribution in [0.15, 0.2) is 24.3 Å². The predicted octanol–water partition coefficient (Wildman–Crippen LogP) is 2.38. The van der Waals surface area contributed by atoms with Crippen molar-refractivity contribution in [1.82, 2.24) is 10.2 Å². The Balaban J connectivity index is 1.44. The lowest BCUT2D eigenvalue weighted by Gasteiger charge is -2.33. The van der Waals surface area contributed by atoms with Gasteiger partial charge >= 0.3 is 6.18 Å².